The van der Waals surface area contributed by atoms with Crippen LogP contribution in [0.2, 0.25) is 0 Å². The average molecular weight is 234 g/mol. The minimum atomic E-state index is 0.00885. The fourth-order valence-electron chi connectivity index (χ4n) is 2.16. The number of amides is 1. The lowest BCUT2D eigenvalue weighted by Gasteiger charge is -2.24. The lowest BCUT2D eigenvalue weighted by Crippen LogP contribution is -2.36. The maximum Gasteiger partial charge on any atom is 0.232 e. The Morgan fingerprint density at radius 2 is 2.47 bits per heavy atom. The van der Waals surface area contributed by atoms with E-state index in [1.165, 1.54) is 0 Å². The van der Waals surface area contributed by atoms with E-state index < -0.39 is 0 Å². The van der Waals surface area contributed by atoms with Gasteiger partial charge in [0.2, 0.25) is 5.91 Å². The Labute approximate surface area is 102 Å². The van der Waals surface area contributed by atoms with Crippen LogP contribution >= 0.6 is 0 Å². The van der Waals surface area contributed by atoms with Crippen molar-refractivity contribution < 1.29 is 9.53 Å². The first-order valence-corrected chi connectivity index (χ1v) is 6.04. The van der Waals surface area contributed by atoms with Crippen LogP contribution in [-0.2, 0) is 9.53 Å². The highest BCUT2D eigenvalue weighted by Gasteiger charge is 2.28. The highest BCUT2D eigenvalue weighted by Crippen LogP contribution is 2.22. The van der Waals surface area contributed by atoms with Crippen LogP contribution in [-0.4, -0.2) is 30.6 Å². The van der Waals surface area contributed by atoms with E-state index in [-0.39, 0.29) is 11.8 Å². The van der Waals surface area contributed by atoms with Crippen LogP contribution in [0.15, 0.2) is 18.3 Å². The van der Waals surface area contributed by atoms with Crippen molar-refractivity contribution in [2.24, 2.45) is 5.92 Å². The summed E-state index contributed by atoms with van der Waals surface area (Å²) in [4.78, 5) is 18.4. The third-order valence-electron chi connectivity index (χ3n) is 3.13. The molecule has 1 amide bonds. The Morgan fingerprint density at radius 1 is 1.65 bits per heavy atom. The Morgan fingerprint density at radius 3 is 3.06 bits per heavy atom. The van der Waals surface area contributed by atoms with Crippen LogP contribution in [0.3, 0.4) is 0 Å². The zero-order valence-electron chi connectivity index (χ0n) is 10.3. The van der Waals surface area contributed by atoms with Crippen LogP contribution in [0.1, 0.15) is 19.0 Å². The van der Waals surface area contributed by atoms with Crippen molar-refractivity contribution in [2.75, 3.05) is 24.7 Å². The number of anilines is 1. The summed E-state index contributed by atoms with van der Waals surface area (Å²) in [6.45, 7) is 5.83. The van der Waals surface area contributed by atoms with E-state index in [1.807, 2.05) is 30.9 Å². The second kappa shape index (κ2) is 5.27. The molecule has 1 saturated heterocycles. The van der Waals surface area contributed by atoms with Crippen molar-refractivity contribution in [3.63, 3.8) is 0 Å². The van der Waals surface area contributed by atoms with Crippen molar-refractivity contribution in [1.29, 1.82) is 0 Å². The second-order valence-electron chi connectivity index (χ2n) is 4.25. The third-order valence-corrected chi connectivity index (χ3v) is 3.13. The quantitative estimate of drug-likeness (QED) is 0.800. The van der Waals surface area contributed by atoms with E-state index in [4.69, 9.17) is 4.74 Å². The van der Waals surface area contributed by atoms with E-state index in [9.17, 15) is 4.79 Å². The zero-order chi connectivity index (χ0) is 12.3. The van der Waals surface area contributed by atoms with Crippen molar-refractivity contribution in [3.05, 3.63) is 24.0 Å². The number of carbonyl (C=O) groups is 1. The summed E-state index contributed by atoms with van der Waals surface area (Å²) < 4.78 is 5.28. The molecule has 2 heterocycles. The minimum Gasteiger partial charge on any atom is -0.381 e. The van der Waals surface area contributed by atoms with Crippen molar-refractivity contribution in [1.82, 2.24) is 4.98 Å². The van der Waals surface area contributed by atoms with Gasteiger partial charge in [-0.05, 0) is 32.4 Å². The molecule has 1 aromatic heterocycles. The number of aryl methyl sites for hydroxylation is 1. The molecular formula is C13H18N2O2. The molecule has 4 nitrogen and oxygen atoms in total. The number of rotatable bonds is 3. The maximum absolute atomic E-state index is 12.3. The number of hydrogen-bond acceptors (Lipinski definition) is 3. The Hall–Kier alpha value is -1.42. The molecule has 17 heavy (non-hydrogen) atoms. The van der Waals surface area contributed by atoms with E-state index in [0.717, 1.165) is 17.8 Å². The Balaban J connectivity index is 2.21. The van der Waals surface area contributed by atoms with Crippen molar-refractivity contribution >= 4 is 11.6 Å². The fourth-order valence-corrected chi connectivity index (χ4v) is 2.16. The van der Waals surface area contributed by atoms with Gasteiger partial charge >= 0.3 is 0 Å². The number of pyridine rings is 1. The summed E-state index contributed by atoms with van der Waals surface area (Å²) in [5.41, 5.74) is 1.80. The van der Waals surface area contributed by atoms with Crippen molar-refractivity contribution in [3.8, 4) is 0 Å². The van der Waals surface area contributed by atoms with Gasteiger partial charge in [-0.1, -0.05) is 0 Å². The SMILES string of the molecule is CCN(C(=O)[C@H]1CCOC1)c1cccnc1C. The highest BCUT2D eigenvalue weighted by atomic mass is 16.5. The smallest absolute Gasteiger partial charge is 0.232 e. The molecule has 4 heteroatoms. The van der Waals surface area contributed by atoms with E-state index in [2.05, 4.69) is 4.98 Å². The monoisotopic (exact) mass is 234 g/mol. The van der Waals surface area contributed by atoms with Crippen LogP contribution in [0, 0.1) is 12.8 Å². The highest BCUT2D eigenvalue weighted by molar-refractivity contribution is 5.95. The topological polar surface area (TPSA) is 42.4 Å². The van der Waals surface area contributed by atoms with Gasteiger partial charge in [0.15, 0.2) is 0 Å². The van der Waals surface area contributed by atoms with Gasteiger partial charge in [-0.2, -0.15) is 0 Å². The second-order valence-corrected chi connectivity index (χ2v) is 4.25. The average Bonchev–Trinajstić information content (AvgIpc) is 2.86. The first kappa shape index (κ1) is 12.0. The van der Waals surface area contributed by atoms with Gasteiger partial charge in [-0.15, -0.1) is 0 Å². The molecule has 92 valence electrons. The van der Waals surface area contributed by atoms with Gasteiger partial charge in [0.1, 0.15) is 0 Å². The molecule has 0 bridgehead atoms. The molecule has 1 aliphatic heterocycles. The normalized spacial score (nSPS) is 19.3. The Bertz CT molecular complexity index is 400. The van der Waals surface area contributed by atoms with Crippen LogP contribution in [0.4, 0.5) is 5.69 Å². The standard InChI is InChI=1S/C13H18N2O2/c1-3-15(12-5-4-7-14-10(12)2)13(16)11-6-8-17-9-11/h4-5,7,11H,3,6,8-9H2,1-2H3/t11-/m0/s1. The van der Waals surface area contributed by atoms with Gasteiger partial charge in [0, 0.05) is 19.3 Å². The molecule has 1 fully saturated rings. The molecule has 0 N–H and O–H groups in total. The summed E-state index contributed by atoms with van der Waals surface area (Å²) >= 11 is 0. The molecule has 1 aromatic rings. The summed E-state index contributed by atoms with van der Waals surface area (Å²) in [6, 6.07) is 3.81. The molecular weight excluding hydrogens is 216 g/mol. The summed E-state index contributed by atoms with van der Waals surface area (Å²) in [5, 5.41) is 0. The number of aromatic nitrogens is 1. The Kier molecular flexibility index (Phi) is 3.74. The largest absolute Gasteiger partial charge is 0.381 e. The van der Waals surface area contributed by atoms with Crippen LogP contribution < -0.4 is 4.90 Å². The van der Waals surface area contributed by atoms with Gasteiger partial charge in [-0.25, -0.2) is 0 Å². The first-order chi connectivity index (χ1) is 8.24. The molecule has 1 atom stereocenters. The van der Waals surface area contributed by atoms with Crippen LogP contribution in [0.5, 0.6) is 0 Å². The lowest BCUT2D eigenvalue weighted by molar-refractivity contribution is -0.122. The molecule has 0 aliphatic carbocycles. The lowest BCUT2D eigenvalue weighted by atomic mass is 10.1. The number of carbonyl (C=O) groups excluding carboxylic acids is 1. The van der Waals surface area contributed by atoms with Crippen molar-refractivity contribution in [2.45, 2.75) is 20.3 Å². The molecule has 1 aliphatic rings. The predicted molar refractivity (Wildman–Crippen MR) is 65.9 cm³/mol. The fraction of sp³-hybridized carbons (Fsp3) is 0.538. The molecule has 0 radical (unpaired) electrons. The van der Waals surface area contributed by atoms with E-state index in [1.54, 1.807) is 6.20 Å². The number of hydrogen-bond donors (Lipinski definition) is 0. The number of nitrogens with zero attached hydrogens (tertiary/aromatic N) is 2. The summed E-state index contributed by atoms with van der Waals surface area (Å²) in [6.07, 6.45) is 2.57. The summed E-state index contributed by atoms with van der Waals surface area (Å²) in [5.74, 6) is 0.163. The minimum absolute atomic E-state index is 0.00885. The van der Waals surface area contributed by atoms with E-state index >= 15 is 0 Å². The van der Waals surface area contributed by atoms with E-state index in [0.29, 0.717) is 19.8 Å². The molecule has 2 rings (SSSR count). The molecule has 0 spiro atoms. The molecule has 0 unspecified atom stereocenters. The van der Waals surface area contributed by atoms with Gasteiger partial charge in [0.25, 0.3) is 0 Å². The van der Waals surface area contributed by atoms with Crippen LogP contribution in [0.25, 0.3) is 0 Å². The number of ether oxygens (including phenoxy) is 1. The molecule has 0 aromatic carbocycles. The van der Waals surface area contributed by atoms with Gasteiger partial charge in [0.05, 0.1) is 23.9 Å². The zero-order valence-corrected chi connectivity index (χ0v) is 10.3. The molecule has 0 saturated carbocycles. The summed E-state index contributed by atoms with van der Waals surface area (Å²) in [7, 11) is 0. The predicted octanol–water partition coefficient (Wildman–Crippen LogP) is 1.78. The van der Waals surface area contributed by atoms with Gasteiger partial charge < -0.3 is 9.64 Å². The van der Waals surface area contributed by atoms with Gasteiger partial charge in [-0.3, -0.25) is 9.78 Å². The first-order valence-electron chi connectivity index (χ1n) is 6.04. The maximum atomic E-state index is 12.3. The third kappa shape index (κ3) is 2.47.